The molecule has 224 valence electrons. The van der Waals surface area contributed by atoms with Crippen molar-refractivity contribution in [2.45, 2.75) is 37.1 Å². The molecular weight excluding hydrogens is 595 g/mol. The molecule has 4 unspecified atom stereocenters. The number of hydrogen-bond donors (Lipinski definition) is 3. The van der Waals surface area contributed by atoms with Crippen LogP contribution >= 0.6 is 23.2 Å². The summed E-state index contributed by atoms with van der Waals surface area (Å²) >= 11 is 12.6. The number of hydrogen-bond acceptors (Lipinski definition) is 7. The van der Waals surface area contributed by atoms with Crippen molar-refractivity contribution < 1.29 is 34.1 Å². The number of aldehydes is 1. The van der Waals surface area contributed by atoms with Crippen LogP contribution < -0.4 is 14.8 Å². The molecule has 1 aliphatic carbocycles. The first-order valence-corrected chi connectivity index (χ1v) is 14.4. The number of ether oxygens (including phenoxy) is 2. The minimum atomic E-state index is -1.29. The lowest BCUT2D eigenvalue weighted by atomic mass is 9.77. The van der Waals surface area contributed by atoms with Gasteiger partial charge < -0.3 is 29.9 Å². The Morgan fingerprint density at radius 3 is 2.56 bits per heavy atom. The summed E-state index contributed by atoms with van der Waals surface area (Å²) in [6.07, 6.45) is -0.0388. The van der Waals surface area contributed by atoms with Crippen LogP contribution in [0.3, 0.4) is 0 Å². The third kappa shape index (κ3) is 6.26. The molecule has 0 saturated heterocycles. The Balaban J connectivity index is 1.61. The van der Waals surface area contributed by atoms with Crippen LogP contribution in [-0.4, -0.2) is 71.7 Å². The molecule has 0 spiro atoms. The Morgan fingerprint density at radius 1 is 1.12 bits per heavy atom. The summed E-state index contributed by atoms with van der Waals surface area (Å²) < 4.78 is 11.7. The van der Waals surface area contributed by atoms with E-state index in [-0.39, 0.29) is 43.3 Å². The zero-order chi connectivity index (χ0) is 30.7. The highest BCUT2D eigenvalue weighted by Crippen LogP contribution is 2.51. The van der Waals surface area contributed by atoms with E-state index in [2.05, 4.69) is 5.32 Å². The molecule has 0 fully saturated rings. The average Bonchev–Trinajstić information content (AvgIpc) is 3.40. The van der Waals surface area contributed by atoms with Crippen LogP contribution in [0.25, 0.3) is 0 Å². The van der Waals surface area contributed by atoms with Crippen LogP contribution in [0, 0.1) is 0 Å². The largest absolute Gasteiger partial charge is 0.493 e. The minimum Gasteiger partial charge on any atom is -0.493 e. The molecule has 0 bridgehead atoms. The van der Waals surface area contributed by atoms with Crippen LogP contribution in [0.2, 0.25) is 10.0 Å². The molecule has 1 aliphatic heterocycles. The maximum Gasteiger partial charge on any atom is 0.247 e. The summed E-state index contributed by atoms with van der Waals surface area (Å²) in [7, 11) is 1.43. The first-order chi connectivity index (χ1) is 20.7. The molecule has 1 heterocycles. The number of halogens is 2. The van der Waals surface area contributed by atoms with Gasteiger partial charge in [0.05, 0.1) is 32.1 Å². The normalized spacial score (nSPS) is 20.3. The second-order valence-electron chi connectivity index (χ2n) is 10.3. The van der Waals surface area contributed by atoms with E-state index in [1.807, 2.05) is 30.3 Å². The highest BCUT2D eigenvalue weighted by Gasteiger charge is 2.51. The van der Waals surface area contributed by atoms with Gasteiger partial charge in [-0.1, -0.05) is 59.6 Å². The van der Waals surface area contributed by atoms with Gasteiger partial charge in [0.2, 0.25) is 11.8 Å². The van der Waals surface area contributed by atoms with E-state index in [1.54, 1.807) is 30.3 Å². The van der Waals surface area contributed by atoms with Gasteiger partial charge >= 0.3 is 0 Å². The van der Waals surface area contributed by atoms with E-state index in [1.165, 1.54) is 18.1 Å². The van der Waals surface area contributed by atoms with Crippen LogP contribution in [0.15, 0.2) is 72.3 Å². The predicted molar refractivity (Wildman–Crippen MR) is 161 cm³/mol. The Labute approximate surface area is 258 Å². The Kier molecular flexibility index (Phi) is 9.37. The molecule has 9 nitrogen and oxygen atoms in total. The number of methoxy groups -OCH3 is 1. The van der Waals surface area contributed by atoms with E-state index < -0.39 is 30.1 Å². The summed E-state index contributed by atoms with van der Waals surface area (Å²) in [5.41, 5.74) is 2.39. The van der Waals surface area contributed by atoms with Crippen molar-refractivity contribution >= 4 is 41.3 Å². The third-order valence-electron chi connectivity index (χ3n) is 7.65. The molecule has 3 N–H and O–H groups in total. The fourth-order valence-electron chi connectivity index (χ4n) is 5.62. The molecule has 11 heteroatoms. The van der Waals surface area contributed by atoms with Crippen LogP contribution in [0.5, 0.6) is 11.5 Å². The molecule has 2 amide bonds. The fraction of sp³-hybridized carbons (Fsp3) is 0.281. The van der Waals surface area contributed by atoms with Crippen LogP contribution in [-0.2, 0) is 22.6 Å². The highest BCUT2D eigenvalue weighted by atomic mass is 35.5. The zero-order valence-electron chi connectivity index (χ0n) is 23.2. The van der Waals surface area contributed by atoms with Crippen molar-refractivity contribution in [1.82, 2.24) is 10.2 Å². The second-order valence-corrected chi connectivity index (χ2v) is 11.2. The van der Waals surface area contributed by atoms with Crippen molar-refractivity contribution in [2.75, 3.05) is 20.3 Å². The highest BCUT2D eigenvalue weighted by molar-refractivity contribution is 6.35. The SMILES string of the molecule is COc1cc(C=O)cc2c1OC1C2C(C(=O)NCCO)=CC(N(Cc2ccc(Cl)cc2Cl)C(=O)Cc2ccccc2)C1O. The predicted octanol–water partition coefficient (Wildman–Crippen LogP) is 3.71. The van der Waals surface area contributed by atoms with Gasteiger partial charge in [-0.15, -0.1) is 0 Å². The quantitative estimate of drug-likeness (QED) is 0.294. The van der Waals surface area contributed by atoms with E-state index in [9.17, 15) is 24.6 Å². The van der Waals surface area contributed by atoms with E-state index in [4.69, 9.17) is 32.7 Å². The minimum absolute atomic E-state index is 0.00831. The number of carbonyl (C=O) groups excluding carboxylic acids is 3. The molecule has 3 aromatic rings. The van der Waals surface area contributed by atoms with E-state index in [0.29, 0.717) is 38.8 Å². The van der Waals surface area contributed by atoms with Gasteiger partial charge in [-0.3, -0.25) is 14.4 Å². The smallest absolute Gasteiger partial charge is 0.247 e. The number of nitrogens with one attached hydrogen (secondary N) is 1. The number of carbonyl (C=O) groups is 3. The van der Waals surface area contributed by atoms with Gasteiger partial charge in [0.15, 0.2) is 11.5 Å². The van der Waals surface area contributed by atoms with Crippen LogP contribution in [0.1, 0.15) is 33.0 Å². The van der Waals surface area contributed by atoms with Crippen molar-refractivity contribution in [1.29, 1.82) is 0 Å². The maximum absolute atomic E-state index is 14.0. The number of benzene rings is 3. The van der Waals surface area contributed by atoms with Crippen LogP contribution in [0.4, 0.5) is 0 Å². The Bertz CT molecular complexity index is 1560. The van der Waals surface area contributed by atoms with Crippen molar-refractivity contribution in [2.24, 2.45) is 0 Å². The molecule has 5 rings (SSSR count). The topological polar surface area (TPSA) is 125 Å². The fourth-order valence-corrected chi connectivity index (χ4v) is 6.09. The Hall–Kier alpha value is -3.89. The summed E-state index contributed by atoms with van der Waals surface area (Å²) in [6.45, 7) is -0.288. The van der Waals surface area contributed by atoms with Gasteiger partial charge in [-0.25, -0.2) is 0 Å². The second kappa shape index (κ2) is 13.2. The number of rotatable bonds is 10. The summed E-state index contributed by atoms with van der Waals surface area (Å²) in [5, 5.41) is 24.7. The summed E-state index contributed by atoms with van der Waals surface area (Å²) in [4.78, 5) is 40.7. The molecular formula is C32H30Cl2N2O7. The zero-order valence-corrected chi connectivity index (χ0v) is 24.7. The number of aliphatic hydroxyl groups is 2. The molecule has 43 heavy (non-hydrogen) atoms. The molecule has 0 radical (unpaired) electrons. The van der Waals surface area contributed by atoms with Gasteiger partial charge in [0.25, 0.3) is 0 Å². The monoisotopic (exact) mass is 624 g/mol. The Morgan fingerprint density at radius 2 is 1.88 bits per heavy atom. The number of nitrogens with zero attached hydrogens (tertiary/aromatic N) is 1. The lowest BCUT2D eigenvalue weighted by Gasteiger charge is -2.41. The molecule has 0 saturated carbocycles. The van der Waals surface area contributed by atoms with Crippen molar-refractivity contribution in [3.8, 4) is 11.5 Å². The maximum atomic E-state index is 14.0. The lowest BCUT2D eigenvalue weighted by Crippen LogP contribution is -2.55. The number of amides is 2. The van der Waals surface area contributed by atoms with E-state index >= 15 is 0 Å². The van der Waals surface area contributed by atoms with Gasteiger partial charge in [0, 0.05) is 39.8 Å². The lowest BCUT2D eigenvalue weighted by molar-refractivity contribution is -0.137. The number of aliphatic hydroxyl groups excluding tert-OH is 2. The average molecular weight is 626 g/mol. The van der Waals surface area contributed by atoms with E-state index in [0.717, 1.165) is 5.56 Å². The number of fused-ring (bicyclic) bond motifs is 3. The van der Waals surface area contributed by atoms with Crippen molar-refractivity contribution in [3.63, 3.8) is 0 Å². The van der Waals surface area contributed by atoms with Gasteiger partial charge in [-0.2, -0.15) is 0 Å². The molecule has 0 aromatic heterocycles. The first-order valence-electron chi connectivity index (χ1n) is 13.7. The van der Waals surface area contributed by atoms with Gasteiger partial charge in [-0.05, 0) is 41.5 Å². The summed E-state index contributed by atoms with van der Waals surface area (Å²) in [5.74, 6) is -1.03. The third-order valence-corrected chi connectivity index (χ3v) is 8.23. The van der Waals surface area contributed by atoms with Gasteiger partial charge in [0.1, 0.15) is 18.5 Å². The molecule has 4 atom stereocenters. The molecule has 2 aliphatic rings. The van der Waals surface area contributed by atoms with Crippen molar-refractivity contribution in [3.05, 3.63) is 105 Å². The summed E-state index contributed by atoms with van der Waals surface area (Å²) in [6, 6.07) is 16.2. The first kappa shape index (κ1) is 30.6. The molecule has 3 aromatic carbocycles. The standard InChI is InChI=1S/C32H30Cl2N2O7/c1-42-26-12-19(17-38)11-22-28-23(32(41)35-9-10-37)15-25(29(40)31(28)43-30(22)26)36(16-20-7-8-21(33)14-24(20)34)27(39)13-18-5-3-2-4-6-18/h2-8,11-12,14-15,17,25,28-29,31,37,40H,9-10,13,16H2,1H3,(H,35,41).